The molecule has 0 spiro atoms. The van der Waals surface area contributed by atoms with E-state index in [2.05, 4.69) is 11.1 Å². The molecular weight excluding hydrogens is 160 g/mol. The highest BCUT2D eigenvalue weighted by Crippen LogP contribution is 2.20. The molecule has 0 amide bonds. The smallest absolute Gasteiger partial charge is 0.101 e. The molecule has 0 unspecified atom stereocenters. The monoisotopic (exact) mass is 168 g/mol. The third-order valence-electron chi connectivity index (χ3n) is 2.11. The number of pyridine rings is 1. The van der Waals surface area contributed by atoms with Crippen LogP contribution in [0.5, 0.6) is 0 Å². The number of aromatic nitrogens is 1. The van der Waals surface area contributed by atoms with Gasteiger partial charge in [-0.15, -0.1) is 0 Å². The standard InChI is InChI=1S/C11H8N2/c1-8-3-2-4-9-6-13-7-10(5-12)11(8)9/h2-4,6-7H,1H3. The second-order valence-electron chi connectivity index (χ2n) is 2.97. The molecule has 0 fully saturated rings. The Hall–Kier alpha value is -1.88. The Labute approximate surface area is 76.5 Å². The number of nitriles is 1. The van der Waals surface area contributed by atoms with Gasteiger partial charge in [0.05, 0.1) is 5.56 Å². The fourth-order valence-electron chi connectivity index (χ4n) is 1.51. The normalized spacial score (nSPS) is 9.85. The lowest BCUT2D eigenvalue weighted by Crippen LogP contribution is -1.85. The van der Waals surface area contributed by atoms with Gasteiger partial charge in [-0.1, -0.05) is 18.2 Å². The lowest BCUT2D eigenvalue weighted by Gasteiger charge is -2.01. The van der Waals surface area contributed by atoms with Crippen LogP contribution in [0.3, 0.4) is 0 Å². The molecule has 0 aliphatic carbocycles. The van der Waals surface area contributed by atoms with Gasteiger partial charge in [0.25, 0.3) is 0 Å². The Balaban J connectivity index is 2.97. The van der Waals surface area contributed by atoms with Crippen LogP contribution in [0.2, 0.25) is 0 Å². The summed E-state index contributed by atoms with van der Waals surface area (Å²) in [5, 5.41) is 10.9. The lowest BCUT2D eigenvalue weighted by molar-refractivity contribution is 1.33. The average molecular weight is 168 g/mol. The highest BCUT2D eigenvalue weighted by Gasteiger charge is 2.02. The van der Waals surface area contributed by atoms with Gasteiger partial charge < -0.3 is 0 Å². The minimum Gasteiger partial charge on any atom is -0.263 e. The minimum atomic E-state index is 0.649. The molecule has 62 valence electrons. The van der Waals surface area contributed by atoms with Crippen molar-refractivity contribution in [3.63, 3.8) is 0 Å². The summed E-state index contributed by atoms with van der Waals surface area (Å²) in [4.78, 5) is 4.00. The molecule has 0 radical (unpaired) electrons. The van der Waals surface area contributed by atoms with Crippen LogP contribution >= 0.6 is 0 Å². The van der Waals surface area contributed by atoms with E-state index in [1.807, 2.05) is 25.1 Å². The Morgan fingerprint density at radius 2 is 2.15 bits per heavy atom. The maximum absolute atomic E-state index is 8.87. The zero-order chi connectivity index (χ0) is 9.26. The first-order valence-corrected chi connectivity index (χ1v) is 4.06. The Kier molecular flexibility index (Phi) is 1.71. The van der Waals surface area contributed by atoms with E-state index in [1.54, 1.807) is 12.4 Å². The van der Waals surface area contributed by atoms with E-state index in [4.69, 9.17) is 5.26 Å². The van der Waals surface area contributed by atoms with Gasteiger partial charge in [-0.3, -0.25) is 4.98 Å². The Morgan fingerprint density at radius 3 is 2.92 bits per heavy atom. The van der Waals surface area contributed by atoms with Gasteiger partial charge in [-0.25, -0.2) is 0 Å². The molecule has 2 aromatic rings. The highest BCUT2D eigenvalue weighted by atomic mass is 14.6. The van der Waals surface area contributed by atoms with E-state index < -0.39 is 0 Å². The quantitative estimate of drug-likeness (QED) is 0.605. The van der Waals surface area contributed by atoms with Crippen LogP contribution in [0.4, 0.5) is 0 Å². The van der Waals surface area contributed by atoms with E-state index in [0.717, 1.165) is 16.3 Å². The first kappa shape index (κ1) is 7.75. The van der Waals surface area contributed by atoms with Crippen molar-refractivity contribution in [1.29, 1.82) is 5.26 Å². The van der Waals surface area contributed by atoms with Crippen molar-refractivity contribution in [2.24, 2.45) is 0 Å². The first-order chi connectivity index (χ1) is 6.33. The summed E-state index contributed by atoms with van der Waals surface area (Å²) in [7, 11) is 0. The second kappa shape index (κ2) is 2.87. The molecule has 0 saturated carbocycles. The first-order valence-electron chi connectivity index (χ1n) is 4.06. The number of fused-ring (bicyclic) bond motifs is 1. The number of rotatable bonds is 0. The number of hydrogen-bond acceptors (Lipinski definition) is 2. The summed E-state index contributed by atoms with van der Waals surface area (Å²) in [6.45, 7) is 2.00. The molecule has 0 N–H and O–H groups in total. The average Bonchev–Trinajstić information content (AvgIpc) is 2.17. The topological polar surface area (TPSA) is 36.7 Å². The van der Waals surface area contributed by atoms with Crippen LogP contribution in [0.25, 0.3) is 10.8 Å². The van der Waals surface area contributed by atoms with Crippen LogP contribution < -0.4 is 0 Å². The van der Waals surface area contributed by atoms with Gasteiger partial charge in [0.2, 0.25) is 0 Å². The van der Waals surface area contributed by atoms with E-state index in [0.29, 0.717) is 5.56 Å². The number of hydrogen-bond donors (Lipinski definition) is 0. The third kappa shape index (κ3) is 1.15. The molecule has 1 aromatic heterocycles. The number of nitrogens with zero attached hydrogens (tertiary/aromatic N) is 2. The zero-order valence-corrected chi connectivity index (χ0v) is 7.28. The second-order valence-corrected chi connectivity index (χ2v) is 2.97. The van der Waals surface area contributed by atoms with E-state index >= 15 is 0 Å². The fraction of sp³-hybridized carbons (Fsp3) is 0.0909. The summed E-state index contributed by atoms with van der Waals surface area (Å²) >= 11 is 0. The van der Waals surface area contributed by atoms with Crippen LogP contribution in [-0.4, -0.2) is 4.98 Å². The molecule has 2 nitrogen and oxygen atoms in total. The van der Waals surface area contributed by atoms with Crippen LogP contribution in [-0.2, 0) is 0 Å². The fourth-order valence-corrected chi connectivity index (χ4v) is 1.51. The minimum absolute atomic E-state index is 0.649. The van der Waals surface area contributed by atoms with Crippen LogP contribution in [0.15, 0.2) is 30.6 Å². The predicted molar refractivity (Wildman–Crippen MR) is 51.2 cm³/mol. The number of benzene rings is 1. The predicted octanol–water partition coefficient (Wildman–Crippen LogP) is 2.41. The van der Waals surface area contributed by atoms with Crippen molar-refractivity contribution in [3.8, 4) is 6.07 Å². The van der Waals surface area contributed by atoms with Gasteiger partial charge in [0, 0.05) is 23.2 Å². The van der Waals surface area contributed by atoms with Crippen LogP contribution in [0.1, 0.15) is 11.1 Å². The lowest BCUT2D eigenvalue weighted by atomic mass is 10.0. The van der Waals surface area contributed by atoms with Gasteiger partial charge >= 0.3 is 0 Å². The molecular formula is C11H8N2. The summed E-state index contributed by atoms with van der Waals surface area (Å²) < 4.78 is 0. The summed E-state index contributed by atoms with van der Waals surface area (Å²) in [6.07, 6.45) is 3.39. The van der Waals surface area contributed by atoms with E-state index in [1.165, 1.54) is 0 Å². The molecule has 0 aliphatic heterocycles. The summed E-state index contributed by atoms with van der Waals surface area (Å²) in [6, 6.07) is 8.09. The summed E-state index contributed by atoms with van der Waals surface area (Å²) in [5.41, 5.74) is 1.77. The van der Waals surface area contributed by atoms with Gasteiger partial charge in [0.1, 0.15) is 6.07 Å². The highest BCUT2D eigenvalue weighted by molar-refractivity contribution is 5.89. The maximum atomic E-state index is 8.87. The van der Waals surface area contributed by atoms with E-state index in [-0.39, 0.29) is 0 Å². The molecule has 0 saturated heterocycles. The van der Waals surface area contributed by atoms with Crippen molar-refractivity contribution in [2.75, 3.05) is 0 Å². The molecule has 0 aliphatic rings. The Bertz CT molecular complexity index is 490. The molecule has 2 heteroatoms. The van der Waals surface area contributed by atoms with E-state index in [9.17, 15) is 0 Å². The van der Waals surface area contributed by atoms with Crippen molar-refractivity contribution >= 4 is 10.8 Å². The molecule has 2 rings (SSSR count). The number of aryl methyl sites for hydroxylation is 1. The van der Waals surface area contributed by atoms with Crippen molar-refractivity contribution < 1.29 is 0 Å². The molecule has 0 bridgehead atoms. The largest absolute Gasteiger partial charge is 0.263 e. The summed E-state index contributed by atoms with van der Waals surface area (Å²) in [5.74, 6) is 0. The molecule has 13 heavy (non-hydrogen) atoms. The zero-order valence-electron chi connectivity index (χ0n) is 7.28. The van der Waals surface area contributed by atoms with Crippen LogP contribution in [0, 0.1) is 18.3 Å². The third-order valence-corrected chi connectivity index (χ3v) is 2.11. The van der Waals surface area contributed by atoms with Gasteiger partial charge in [-0.2, -0.15) is 5.26 Å². The molecule has 1 heterocycles. The van der Waals surface area contributed by atoms with Crippen molar-refractivity contribution in [3.05, 3.63) is 41.7 Å². The maximum Gasteiger partial charge on any atom is 0.101 e. The molecule has 0 atom stereocenters. The van der Waals surface area contributed by atoms with Gasteiger partial charge in [-0.05, 0) is 12.5 Å². The van der Waals surface area contributed by atoms with Crippen molar-refractivity contribution in [2.45, 2.75) is 6.92 Å². The SMILES string of the molecule is Cc1cccc2cncc(C#N)c12. The van der Waals surface area contributed by atoms with Crippen molar-refractivity contribution in [1.82, 2.24) is 4.98 Å². The van der Waals surface area contributed by atoms with Gasteiger partial charge in [0.15, 0.2) is 0 Å². The molecule has 1 aromatic carbocycles. The Morgan fingerprint density at radius 1 is 1.31 bits per heavy atom.